The average molecular weight is 194 g/mol. The minimum absolute atomic E-state index is 0.366. The van der Waals surface area contributed by atoms with Crippen LogP contribution in [-0.4, -0.2) is 12.0 Å². The van der Waals surface area contributed by atoms with Crippen molar-refractivity contribution in [2.75, 3.05) is 12.4 Å². The van der Waals surface area contributed by atoms with Crippen LogP contribution in [0.5, 0.6) is 0 Å². The zero-order chi connectivity index (χ0) is 10.1. The molecule has 4 heteroatoms. The molecule has 0 fully saturated rings. The Bertz CT molecular complexity index is 483. The fourth-order valence-electron chi connectivity index (χ4n) is 1.41. The Kier molecular flexibility index (Phi) is 2.04. The van der Waals surface area contributed by atoms with Gasteiger partial charge in [-0.05, 0) is 12.1 Å². The first-order chi connectivity index (χ1) is 6.72. The minimum atomic E-state index is -0.598. The number of pyridine rings is 1. The van der Waals surface area contributed by atoms with Gasteiger partial charge >= 0.3 is 0 Å². The zero-order valence-corrected chi connectivity index (χ0v) is 7.51. The van der Waals surface area contributed by atoms with Crippen LogP contribution in [0.1, 0.15) is 0 Å². The van der Waals surface area contributed by atoms with E-state index in [9.17, 15) is 8.78 Å². The molecule has 14 heavy (non-hydrogen) atoms. The summed E-state index contributed by atoms with van der Waals surface area (Å²) in [5, 5.41) is 3.60. The Balaban J connectivity index is 2.86. The molecule has 1 N–H and O–H groups in total. The van der Waals surface area contributed by atoms with Gasteiger partial charge in [-0.3, -0.25) is 0 Å². The van der Waals surface area contributed by atoms with Crippen molar-refractivity contribution in [3.8, 4) is 0 Å². The molecule has 0 radical (unpaired) electrons. The summed E-state index contributed by atoms with van der Waals surface area (Å²) in [6.07, 6.45) is 1.48. The molecule has 0 saturated carbocycles. The number of nitrogens with one attached hydrogen (secondary N) is 1. The van der Waals surface area contributed by atoms with Crippen molar-refractivity contribution < 1.29 is 8.78 Å². The summed E-state index contributed by atoms with van der Waals surface area (Å²) < 4.78 is 26.2. The lowest BCUT2D eigenvalue weighted by Gasteiger charge is -2.05. The summed E-state index contributed by atoms with van der Waals surface area (Å²) in [4.78, 5) is 3.96. The third-order valence-electron chi connectivity index (χ3n) is 2.03. The minimum Gasteiger partial charge on any atom is -0.373 e. The standard InChI is InChI=1S/C10H8F2N2/c1-13-10-8-4-6(11)5-9(12)7(8)2-3-14-10/h2-5H,1H3,(H,13,14). The Morgan fingerprint density at radius 2 is 2.00 bits per heavy atom. The SMILES string of the molecule is CNc1nccc2c(F)cc(F)cc12. The number of hydrogen-bond acceptors (Lipinski definition) is 2. The van der Waals surface area contributed by atoms with E-state index in [0.717, 1.165) is 6.07 Å². The fraction of sp³-hybridized carbons (Fsp3) is 0.100. The molecule has 1 aromatic heterocycles. The van der Waals surface area contributed by atoms with Gasteiger partial charge in [-0.25, -0.2) is 13.8 Å². The molecule has 0 amide bonds. The highest BCUT2D eigenvalue weighted by molar-refractivity contribution is 5.92. The van der Waals surface area contributed by atoms with Gasteiger partial charge in [-0.15, -0.1) is 0 Å². The molecule has 0 aliphatic rings. The molecule has 1 aromatic carbocycles. The van der Waals surface area contributed by atoms with E-state index in [4.69, 9.17) is 0 Å². The van der Waals surface area contributed by atoms with Crippen molar-refractivity contribution in [3.63, 3.8) is 0 Å². The summed E-state index contributed by atoms with van der Waals surface area (Å²) in [5.41, 5.74) is 0. The number of nitrogens with zero attached hydrogens (tertiary/aromatic N) is 1. The highest BCUT2D eigenvalue weighted by Crippen LogP contribution is 2.24. The molecular weight excluding hydrogens is 186 g/mol. The molecule has 2 nitrogen and oxygen atoms in total. The maximum absolute atomic E-state index is 13.3. The topological polar surface area (TPSA) is 24.9 Å². The number of anilines is 1. The van der Waals surface area contributed by atoms with Crippen LogP contribution in [0.25, 0.3) is 10.8 Å². The van der Waals surface area contributed by atoms with Crippen LogP contribution in [0, 0.1) is 11.6 Å². The largest absolute Gasteiger partial charge is 0.373 e. The molecule has 0 atom stereocenters. The molecular formula is C10H8F2N2. The summed E-state index contributed by atoms with van der Waals surface area (Å²) in [7, 11) is 1.66. The van der Waals surface area contributed by atoms with Crippen molar-refractivity contribution in [3.05, 3.63) is 36.0 Å². The molecule has 0 spiro atoms. The first-order valence-electron chi connectivity index (χ1n) is 4.14. The Morgan fingerprint density at radius 1 is 1.21 bits per heavy atom. The molecule has 0 saturated heterocycles. The second-order valence-electron chi connectivity index (χ2n) is 2.89. The Hall–Kier alpha value is -1.71. The molecule has 1 heterocycles. The number of halogens is 2. The molecule has 0 unspecified atom stereocenters. The van der Waals surface area contributed by atoms with Crippen LogP contribution in [-0.2, 0) is 0 Å². The average Bonchev–Trinajstić information content (AvgIpc) is 2.17. The monoisotopic (exact) mass is 194 g/mol. The van der Waals surface area contributed by atoms with Crippen LogP contribution in [0.2, 0.25) is 0 Å². The molecule has 2 aromatic rings. The first-order valence-corrected chi connectivity index (χ1v) is 4.14. The lowest BCUT2D eigenvalue weighted by molar-refractivity contribution is 0.592. The van der Waals surface area contributed by atoms with Crippen molar-refractivity contribution in [1.82, 2.24) is 4.98 Å². The summed E-state index contributed by atoms with van der Waals surface area (Å²) in [5.74, 6) is -0.695. The number of hydrogen-bond donors (Lipinski definition) is 1. The molecule has 72 valence electrons. The van der Waals surface area contributed by atoms with E-state index in [-0.39, 0.29) is 0 Å². The van der Waals surface area contributed by atoms with Gasteiger partial charge in [0.15, 0.2) is 0 Å². The normalized spacial score (nSPS) is 10.5. The van der Waals surface area contributed by atoms with E-state index >= 15 is 0 Å². The second-order valence-corrected chi connectivity index (χ2v) is 2.89. The van der Waals surface area contributed by atoms with Crippen LogP contribution in [0.3, 0.4) is 0 Å². The predicted octanol–water partition coefficient (Wildman–Crippen LogP) is 2.55. The highest BCUT2D eigenvalue weighted by Gasteiger charge is 2.07. The van der Waals surface area contributed by atoms with Gasteiger partial charge in [-0.2, -0.15) is 0 Å². The number of fused-ring (bicyclic) bond motifs is 1. The van der Waals surface area contributed by atoms with Gasteiger partial charge in [0.1, 0.15) is 17.5 Å². The van der Waals surface area contributed by atoms with Crippen molar-refractivity contribution in [1.29, 1.82) is 0 Å². The van der Waals surface area contributed by atoms with Gasteiger partial charge in [-0.1, -0.05) is 0 Å². The Morgan fingerprint density at radius 3 is 2.71 bits per heavy atom. The summed E-state index contributed by atoms with van der Waals surface area (Å²) >= 11 is 0. The maximum atomic E-state index is 13.3. The van der Waals surface area contributed by atoms with Gasteiger partial charge in [0.05, 0.1) is 0 Å². The molecule has 0 bridgehead atoms. The van der Waals surface area contributed by atoms with Crippen LogP contribution < -0.4 is 5.32 Å². The van der Waals surface area contributed by atoms with Gasteiger partial charge < -0.3 is 5.32 Å². The van der Waals surface area contributed by atoms with E-state index in [1.54, 1.807) is 7.05 Å². The molecule has 0 aliphatic heterocycles. The highest BCUT2D eigenvalue weighted by atomic mass is 19.1. The van der Waals surface area contributed by atoms with E-state index in [2.05, 4.69) is 10.3 Å². The van der Waals surface area contributed by atoms with Crippen LogP contribution in [0.4, 0.5) is 14.6 Å². The fourth-order valence-corrected chi connectivity index (χ4v) is 1.41. The second kappa shape index (κ2) is 3.21. The zero-order valence-electron chi connectivity index (χ0n) is 7.51. The molecule has 2 rings (SSSR count). The quantitative estimate of drug-likeness (QED) is 0.754. The first kappa shape index (κ1) is 8.87. The van der Waals surface area contributed by atoms with E-state index < -0.39 is 11.6 Å². The summed E-state index contributed by atoms with van der Waals surface area (Å²) in [6.45, 7) is 0. The maximum Gasteiger partial charge on any atom is 0.134 e. The van der Waals surface area contributed by atoms with Gasteiger partial charge in [0, 0.05) is 30.1 Å². The Labute approximate surface area is 79.6 Å². The lowest BCUT2D eigenvalue weighted by atomic mass is 10.1. The molecule has 0 aliphatic carbocycles. The van der Waals surface area contributed by atoms with Gasteiger partial charge in [0.2, 0.25) is 0 Å². The lowest BCUT2D eigenvalue weighted by Crippen LogP contribution is -1.94. The smallest absolute Gasteiger partial charge is 0.134 e. The number of benzene rings is 1. The van der Waals surface area contributed by atoms with Crippen molar-refractivity contribution >= 4 is 16.6 Å². The number of aromatic nitrogens is 1. The van der Waals surface area contributed by atoms with Gasteiger partial charge in [0.25, 0.3) is 0 Å². The van der Waals surface area contributed by atoms with Crippen molar-refractivity contribution in [2.24, 2.45) is 0 Å². The van der Waals surface area contributed by atoms with E-state index in [1.807, 2.05) is 0 Å². The third kappa shape index (κ3) is 1.28. The van der Waals surface area contributed by atoms with Crippen LogP contribution in [0.15, 0.2) is 24.4 Å². The third-order valence-corrected chi connectivity index (χ3v) is 2.03. The summed E-state index contributed by atoms with van der Waals surface area (Å²) in [6, 6.07) is 3.64. The predicted molar refractivity (Wildman–Crippen MR) is 51.2 cm³/mol. The van der Waals surface area contributed by atoms with Crippen LogP contribution >= 0.6 is 0 Å². The van der Waals surface area contributed by atoms with Crippen molar-refractivity contribution in [2.45, 2.75) is 0 Å². The van der Waals surface area contributed by atoms with E-state index in [1.165, 1.54) is 18.3 Å². The van der Waals surface area contributed by atoms with E-state index in [0.29, 0.717) is 16.6 Å². The number of rotatable bonds is 1.